The average molecular weight is 265 g/mol. The van der Waals surface area contributed by atoms with Crippen LogP contribution in [-0.4, -0.2) is 28.5 Å². The zero-order valence-electron chi connectivity index (χ0n) is 10.8. The number of amides is 1. The molecule has 0 aliphatic heterocycles. The van der Waals surface area contributed by atoms with Crippen LogP contribution in [0.3, 0.4) is 0 Å². The van der Waals surface area contributed by atoms with Crippen LogP contribution >= 0.6 is 0 Å². The molecule has 1 amide bonds. The summed E-state index contributed by atoms with van der Waals surface area (Å²) in [6, 6.07) is 3.34. The number of carbonyl (C=O) groups is 2. The highest BCUT2D eigenvalue weighted by molar-refractivity contribution is 5.92. The van der Waals surface area contributed by atoms with E-state index >= 15 is 0 Å². The van der Waals surface area contributed by atoms with E-state index in [1.54, 1.807) is 12.1 Å². The third-order valence-corrected chi connectivity index (χ3v) is 2.67. The van der Waals surface area contributed by atoms with Crippen LogP contribution in [-0.2, 0) is 4.79 Å². The van der Waals surface area contributed by atoms with Crippen molar-refractivity contribution in [1.82, 2.24) is 4.98 Å². The molecule has 1 heterocycles. The SMILES string of the molecule is NC(=O)c1ccc(NCCCCCCC(=O)O)nc1. The molecule has 0 atom stereocenters. The predicted octanol–water partition coefficient (Wildman–Crippen LogP) is 1.63. The lowest BCUT2D eigenvalue weighted by molar-refractivity contribution is -0.137. The topological polar surface area (TPSA) is 105 Å². The number of unbranched alkanes of at least 4 members (excludes halogenated alkanes) is 3. The van der Waals surface area contributed by atoms with Gasteiger partial charge in [-0.1, -0.05) is 12.8 Å². The van der Waals surface area contributed by atoms with Crippen LogP contribution in [0, 0.1) is 0 Å². The number of pyridine rings is 1. The Hall–Kier alpha value is -2.11. The number of hydrogen-bond acceptors (Lipinski definition) is 4. The Kier molecular flexibility index (Phi) is 6.35. The van der Waals surface area contributed by atoms with E-state index in [0.29, 0.717) is 11.4 Å². The van der Waals surface area contributed by atoms with Gasteiger partial charge in [0, 0.05) is 19.2 Å². The molecule has 1 aromatic heterocycles. The minimum absolute atomic E-state index is 0.240. The zero-order chi connectivity index (χ0) is 14.1. The van der Waals surface area contributed by atoms with Crippen molar-refractivity contribution < 1.29 is 14.7 Å². The van der Waals surface area contributed by atoms with Crippen LogP contribution in [0.25, 0.3) is 0 Å². The maximum absolute atomic E-state index is 10.8. The maximum Gasteiger partial charge on any atom is 0.303 e. The molecule has 0 radical (unpaired) electrons. The standard InChI is InChI=1S/C13H19N3O3/c14-13(19)10-6-7-11(16-9-10)15-8-4-2-1-3-5-12(17)18/h6-7,9H,1-5,8H2,(H2,14,19)(H,15,16)(H,17,18). The second-order valence-electron chi connectivity index (χ2n) is 4.28. The third-order valence-electron chi connectivity index (χ3n) is 2.67. The van der Waals surface area contributed by atoms with Gasteiger partial charge < -0.3 is 16.2 Å². The summed E-state index contributed by atoms with van der Waals surface area (Å²) < 4.78 is 0. The van der Waals surface area contributed by atoms with Crippen molar-refractivity contribution in [1.29, 1.82) is 0 Å². The van der Waals surface area contributed by atoms with Crippen molar-refractivity contribution in [3.05, 3.63) is 23.9 Å². The summed E-state index contributed by atoms with van der Waals surface area (Å²) in [6.45, 7) is 0.774. The summed E-state index contributed by atoms with van der Waals surface area (Å²) in [4.78, 5) is 25.2. The Morgan fingerprint density at radius 3 is 2.53 bits per heavy atom. The quantitative estimate of drug-likeness (QED) is 0.588. The highest BCUT2D eigenvalue weighted by Gasteiger charge is 2.00. The first-order chi connectivity index (χ1) is 9.09. The lowest BCUT2D eigenvalue weighted by Crippen LogP contribution is -2.11. The normalized spacial score (nSPS) is 10.1. The van der Waals surface area contributed by atoms with Gasteiger partial charge in [-0.2, -0.15) is 0 Å². The van der Waals surface area contributed by atoms with Crippen LogP contribution in [0.1, 0.15) is 42.5 Å². The number of primary amides is 1. The predicted molar refractivity (Wildman–Crippen MR) is 72.0 cm³/mol. The van der Waals surface area contributed by atoms with E-state index < -0.39 is 11.9 Å². The summed E-state index contributed by atoms with van der Waals surface area (Å²) in [5.74, 6) is -0.523. The largest absolute Gasteiger partial charge is 0.481 e. The molecule has 104 valence electrons. The Balaban J connectivity index is 2.12. The first kappa shape index (κ1) is 14.9. The molecule has 0 aromatic carbocycles. The second kappa shape index (κ2) is 8.07. The van der Waals surface area contributed by atoms with E-state index in [-0.39, 0.29) is 6.42 Å². The summed E-state index contributed by atoms with van der Waals surface area (Å²) in [5, 5.41) is 11.6. The summed E-state index contributed by atoms with van der Waals surface area (Å²) in [6.07, 6.45) is 5.27. The number of nitrogens with zero attached hydrogens (tertiary/aromatic N) is 1. The fourth-order valence-corrected chi connectivity index (χ4v) is 1.62. The van der Waals surface area contributed by atoms with Crippen molar-refractivity contribution in [3.8, 4) is 0 Å². The van der Waals surface area contributed by atoms with Crippen LogP contribution in [0.5, 0.6) is 0 Å². The van der Waals surface area contributed by atoms with E-state index in [0.717, 1.165) is 32.2 Å². The first-order valence-electron chi connectivity index (χ1n) is 6.31. The molecule has 0 saturated carbocycles. The fraction of sp³-hybridized carbons (Fsp3) is 0.462. The van der Waals surface area contributed by atoms with E-state index in [9.17, 15) is 9.59 Å². The lowest BCUT2D eigenvalue weighted by Gasteiger charge is -2.05. The Bertz CT molecular complexity index is 418. The molecule has 6 nitrogen and oxygen atoms in total. The Labute approximate surface area is 112 Å². The second-order valence-corrected chi connectivity index (χ2v) is 4.28. The van der Waals surface area contributed by atoms with Gasteiger partial charge in [-0.3, -0.25) is 9.59 Å². The molecular weight excluding hydrogens is 246 g/mol. The van der Waals surface area contributed by atoms with E-state index in [1.807, 2.05) is 0 Å². The number of carboxylic acid groups (broad SMARTS) is 1. The molecule has 0 aliphatic rings. The number of nitrogens with two attached hydrogens (primary N) is 1. The van der Waals surface area contributed by atoms with Crippen LogP contribution < -0.4 is 11.1 Å². The number of aromatic nitrogens is 1. The molecular formula is C13H19N3O3. The maximum atomic E-state index is 10.8. The molecule has 0 fully saturated rings. The van der Waals surface area contributed by atoms with Crippen LogP contribution in [0.4, 0.5) is 5.82 Å². The Morgan fingerprint density at radius 2 is 1.95 bits per heavy atom. The van der Waals surface area contributed by atoms with E-state index in [4.69, 9.17) is 10.8 Å². The number of carboxylic acids is 1. The van der Waals surface area contributed by atoms with Gasteiger partial charge in [-0.05, 0) is 25.0 Å². The van der Waals surface area contributed by atoms with Gasteiger partial charge >= 0.3 is 5.97 Å². The van der Waals surface area contributed by atoms with Crippen LogP contribution in [0.15, 0.2) is 18.3 Å². The number of hydrogen-bond donors (Lipinski definition) is 3. The number of carbonyl (C=O) groups excluding carboxylic acids is 1. The number of anilines is 1. The van der Waals surface area contributed by atoms with Crippen molar-refractivity contribution in [2.75, 3.05) is 11.9 Å². The van der Waals surface area contributed by atoms with Gasteiger partial charge in [0.2, 0.25) is 5.91 Å². The van der Waals surface area contributed by atoms with Crippen molar-refractivity contribution in [2.45, 2.75) is 32.1 Å². The van der Waals surface area contributed by atoms with Gasteiger partial charge in [0.15, 0.2) is 0 Å². The molecule has 0 unspecified atom stereocenters. The molecule has 1 rings (SSSR count). The minimum atomic E-state index is -0.739. The molecule has 19 heavy (non-hydrogen) atoms. The smallest absolute Gasteiger partial charge is 0.303 e. The summed E-state index contributed by atoms with van der Waals surface area (Å²) in [5.41, 5.74) is 5.50. The van der Waals surface area contributed by atoms with Crippen LogP contribution in [0.2, 0.25) is 0 Å². The monoisotopic (exact) mass is 265 g/mol. The van der Waals surface area contributed by atoms with E-state index in [2.05, 4.69) is 10.3 Å². The zero-order valence-corrected chi connectivity index (χ0v) is 10.8. The van der Waals surface area contributed by atoms with Gasteiger partial charge in [0.05, 0.1) is 5.56 Å². The molecule has 0 saturated heterocycles. The van der Waals surface area contributed by atoms with Crippen molar-refractivity contribution in [2.24, 2.45) is 5.73 Å². The highest BCUT2D eigenvalue weighted by atomic mass is 16.4. The third kappa shape index (κ3) is 6.40. The van der Waals surface area contributed by atoms with Crippen molar-refractivity contribution >= 4 is 17.7 Å². The van der Waals surface area contributed by atoms with Gasteiger partial charge in [-0.15, -0.1) is 0 Å². The van der Waals surface area contributed by atoms with E-state index in [1.165, 1.54) is 6.20 Å². The first-order valence-corrected chi connectivity index (χ1v) is 6.31. The minimum Gasteiger partial charge on any atom is -0.481 e. The number of nitrogens with one attached hydrogen (secondary N) is 1. The molecule has 0 bridgehead atoms. The van der Waals surface area contributed by atoms with Crippen molar-refractivity contribution in [3.63, 3.8) is 0 Å². The average Bonchev–Trinajstić information content (AvgIpc) is 2.38. The molecule has 6 heteroatoms. The fourth-order valence-electron chi connectivity index (χ4n) is 1.62. The van der Waals surface area contributed by atoms with Gasteiger partial charge in [0.1, 0.15) is 5.82 Å². The summed E-state index contributed by atoms with van der Waals surface area (Å²) >= 11 is 0. The van der Waals surface area contributed by atoms with Gasteiger partial charge in [0.25, 0.3) is 0 Å². The lowest BCUT2D eigenvalue weighted by atomic mass is 10.1. The molecule has 4 N–H and O–H groups in total. The number of rotatable bonds is 9. The van der Waals surface area contributed by atoms with Gasteiger partial charge in [-0.25, -0.2) is 4.98 Å². The molecule has 1 aromatic rings. The summed E-state index contributed by atoms with van der Waals surface area (Å²) in [7, 11) is 0. The molecule has 0 aliphatic carbocycles. The Morgan fingerprint density at radius 1 is 1.21 bits per heavy atom. The highest BCUT2D eigenvalue weighted by Crippen LogP contribution is 2.06. The molecule has 0 spiro atoms. The number of aliphatic carboxylic acids is 1.